The topological polar surface area (TPSA) is 105 Å². The van der Waals surface area contributed by atoms with E-state index in [1.165, 1.54) is 38.3 Å². The number of para-hydroxylation sites is 1. The van der Waals surface area contributed by atoms with E-state index in [-0.39, 0.29) is 10.8 Å². The number of methoxy groups -OCH3 is 1. The predicted molar refractivity (Wildman–Crippen MR) is 133 cm³/mol. The average Bonchev–Trinajstić information content (AvgIpc) is 2.80. The molecule has 2 N–H and O–H groups in total. The van der Waals surface area contributed by atoms with Crippen molar-refractivity contribution >= 4 is 38.9 Å². The lowest BCUT2D eigenvalue weighted by molar-refractivity contribution is -0.115. The van der Waals surface area contributed by atoms with E-state index in [1.807, 2.05) is 32.0 Å². The summed E-state index contributed by atoms with van der Waals surface area (Å²) in [5, 5.41) is 5.44. The Labute approximate surface area is 199 Å². The van der Waals surface area contributed by atoms with Gasteiger partial charge in [0.15, 0.2) is 0 Å². The molecule has 3 rings (SSSR count). The third-order valence-corrected chi connectivity index (χ3v) is 6.94. The Balaban J connectivity index is 1.96. The van der Waals surface area contributed by atoms with Crippen molar-refractivity contribution in [1.82, 2.24) is 0 Å². The molecule has 3 aromatic carbocycles. The zero-order chi connectivity index (χ0) is 24.9. The Kier molecular flexibility index (Phi) is 7.57. The summed E-state index contributed by atoms with van der Waals surface area (Å²) in [6, 6.07) is 17.8. The van der Waals surface area contributed by atoms with E-state index in [4.69, 9.17) is 4.74 Å². The Hall–Kier alpha value is -3.85. The minimum Gasteiger partial charge on any atom is -0.497 e. The van der Waals surface area contributed by atoms with Crippen LogP contribution >= 0.6 is 0 Å². The zero-order valence-corrected chi connectivity index (χ0v) is 20.3. The van der Waals surface area contributed by atoms with Crippen LogP contribution in [0.3, 0.4) is 0 Å². The van der Waals surface area contributed by atoms with Gasteiger partial charge in [0, 0.05) is 18.3 Å². The van der Waals surface area contributed by atoms with Gasteiger partial charge < -0.3 is 15.4 Å². The van der Waals surface area contributed by atoms with Gasteiger partial charge in [-0.3, -0.25) is 13.9 Å². The lowest BCUT2D eigenvalue weighted by atomic mass is 10.1. The second kappa shape index (κ2) is 10.4. The van der Waals surface area contributed by atoms with Crippen LogP contribution in [-0.2, 0) is 19.6 Å². The van der Waals surface area contributed by atoms with Gasteiger partial charge in [-0.25, -0.2) is 8.42 Å². The van der Waals surface area contributed by atoms with Crippen molar-refractivity contribution in [2.24, 2.45) is 0 Å². The first-order valence-electron chi connectivity index (χ1n) is 10.5. The maximum atomic E-state index is 13.6. The molecule has 0 spiro atoms. The number of amides is 2. The van der Waals surface area contributed by atoms with Gasteiger partial charge in [-0.2, -0.15) is 0 Å². The molecule has 0 bridgehead atoms. The summed E-state index contributed by atoms with van der Waals surface area (Å²) < 4.78 is 33.4. The van der Waals surface area contributed by atoms with Crippen LogP contribution in [0.2, 0.25) is 0 Å². The predicted octanol–water partition coefficient (Wildman–Crippen LogP) is 4.10. The van der Waals surface area contributed by atoms with E-state index >= 15 is 0 Å². The first kappa shape index (κ1) is 24.8. The van der Waals surface area contributed by atoms with Gasteiger partial charge in [0.2, 0.25) is 11.8 Å². The van der Waals surface area contributed by atoms with Crippen molar-refractivity contribution in [3.8, 4) is 5.75 Å². The summed E-state index contributed by atoms with van der Waals surface area (Å²) in [6.07, 6.45) is 0. The zero-order valence-electron chi connectivity index (χ0n) is 19.5. The van der Waals surface area contributed by atoms with Crippen molar-refractivity contribution in [3.05, 3.63) is 77.9 Å². The van der Waals surface area contributed by atoms with Crippen LogP contribution < -0.4 is 19.7 Å². The van der Waals surface area contributed by atoms with Crippen molar-refractivity contribution in [2.75, 3.05) is 28.6 Å². The molecule has 34 heavy (non-hydrogen) atoms. The minimum absolute atomic E-state index is 0.0164. The van der Waals surface area contributed by atoms with Gasteiger partial charge in [-0.05, 0) is 73.5 Å². The smallest absolute Gasteiger partial charge is 0.264 e. The number of benzene rings is 3. The fourth-order valence-corrected chi connectivity index (χ4v) is 4.85. The highest BCUT2D eigenvalue weighted by Gasteiger charge is 2.27. The van der Waals surface area contributed by atoms with Crippen molar-refractivity contribution in [1.29, 1.82) is 0 Å². The van der Waals surface area contributed by atoms with E-state index in [2.05, 4.69) is 10.6 Å². The van der Waals surface area contributed by atoms with E-state index in [0.29, 0.717) is 22.8 Å². The van der Waals surface area contributed by atoms with Crippen molar-refractivity contribution in [3.63, 3.8) is 0 Å². The quantitative estimate of drug-likeness (QED) is 0.504. The van der Waals surface area contributed by atoms with Crippen LogP contribution in [0.4, 0.5) is 17.1 Å². The molecule has 0 saturated heterocycles. The molecule has 0 aliphatic carbocycles. The summed E-state index contributed by atoms with van der Waals surface area (Å²) >= 11 is 0. The monoisotopic (exact) mass is 481 g/mol. The largest absolute Gasteiger partial charge is 0.497 e. The second-order valence-electron chi connectivity index (χ2n) is 7.73. The van der Waals surface area contributed by atoms with Gasteiger partial charge in [-0.15, -0.1) is 0 Å². The fourth-order valence-electron chi connectivity index (χ4n) is 3.43. The standard InChI is InChI=1S/C25H27N3O5S/c1-17-6-5-7-18(2)25(17)27-24(30)16-28(21-10-12-22(33-4)13-11-21)34(31,32)23-14-8-20(9-15-23)26-19(3)29/h5-15H,16H2,1-4H3,(H,26,29)(H,27,30). The third kappa shape index (κ3) is 5.74. The molecule has 0 fully saturated rings. The van der Waals surface area contributed by atoms with Crippen LogP contribution in [-0.4, -0.2) is 33.9 Å². The molecule has 0 radical (unpaired) electrons. The summed E-state index contributed by atoms with van der Waals surface area (Å²) in [5.74, 6) is -0.189. The first-order chi connectivity index (χ1) is 16.1. The van der Waals surface area contributed by atoms with Crippen LogP contribution in [0.5, 0.6) is 5.75 Å². The van der Waals surface area contributed by atoms with Gasteiger partial charge in [0.25, 0.3) is 10.0 Å². The molecule has 0 heterocycles. The number of nitrogens with zero attached hydrogens (tertiary/aromatic N) is 1. The van der Waals surface area contributed by atoms with E-state index in [9.17, 15) is 18.0 Å². The molecule has 0 aromatic heterocycles. The number of aryl methyl sites for hydroxylation is 2. The second-order valence-corrected chi connectivity index (χ2v) is 9.59. The number of nitrogens with one attached hydrogen (secondary N) is 2. The van der Waals surface area contributed by atoms with E-state index in [0.717, 1.165) is 15.4 Å². The number of rotatable bonds is 8. The lowest BCUT2D eigenvalue weighted by Crippen LogP contribution is -2.38. The molecule has 0 saturated carbocycles. The molecule has 9 heteroatoms. The number of sulfonamides is 1. The van der Waals surface area contributed by atoms with Crippen LogP contribution in [0, 0.1) is 13.8 Å². The summed E-state index contributed by atoms with van der Waals surface area (Å²) in [4.78, 5) is 24.2. The van der Waals surface area contributed by atoms with Gasteiger partial charge >= 0.3 is 0 Å². The molecule has 3 aromatic rings. The maximum Gasteiger partial charge on any atom is 0.264 e. The minimum atomic E-state index is -4.11. The molecular weight excluding hydrogens is 454 g/mol. The van der Waals surface area contributed by atoms with Gasteiger partial charge in [0.05, 0.1) is 17.7 Å². The maximum absolute atomic E-state index is 13.6. The molecule has 2 amide bonds. The summed E-state index contributed by atoms with van der Waals surface area (Å²) in [5.41, 5.74) is 3.18. The molecule has 178 valence electrons. The number of hydrogen-bond acceptors (Lipinski definition) is 5. The van der Waals surface area contributed by atoms with Crippen molar-refractivity contribution < 1.29 is 22.7 Å². The molecule has 0 unspecified atom stereocenters. The molecular formula is C25H27N3O5S. The van der Waals surface area contributed by atoms with Gasteiger partial charge in [-0.1, -0.05) is 18.2 Å². The van der Waals surface area contributed by atoms with Crippen LogP contribution in [0.25, 0.3) is 0 Å². The third-order valence-electron chi connectivity index (χ3n) is 5.16. The van der Waals surface area contributed by atoms with E-state index in [1.54, 1.807) is 24.3 Å². The lowest BCUT2D eigenvalue weighted by Gasteiger charge is -2.25. The number of carbonyl (C=O) groups excluding carboxylic acids is 2. The molecule has 8 nitrogen and oxygen atoms in total. The Morgan fingerprint density at radius 3 is 2.00 bits per heavy atom. The number of carbonyl (C=O) groups is 2. The molecule has 0 aliphatic rings. The summed E-state index contributed by atoms with van der Waals surface area (Å²) in [7, 11) is -2.60. The number of anilines is 3. The Morgan fingerprint density at radius 1 is 0.882 bits per heavy atom. The van der Waals surface area contributed by atoms with Crippen LogP contribution in [0.1, 0.15) is 18.1 Å². The summed E-state index contributed by atoms with van der Waals surface area (Å²) in [6.45, 7) is 4.68. The Morgan fingerprint density at radius 2 is 1.47 bits per heavy atom. The highest BCUT2D eigenvalue weighted by atomic mass is 32.2. The van der Waals surface area contributed by atoms with E-state index < -0.39 is 22.5 Å². The first-order valence-corrected chi connectivity index (χ1v) is 12.0. The fraction of sp³-hybridized carbons (Fsp3) is 0.200. The Bertz CT molecular complexity index is 1270. The normalized spacial score (nSPS) is 10.9. The average molecular weight is 482 g/mol. The molecule has 0 atom stereocenters. The van der Waals surface area contributed by atoms with Crippen LogP contribution in [0.15, 0.2) is 71.6 Å². The van der Waals surface area contributed by atoms with Gasteiger partial charge in [0.1, 0.15) is 12.3 Å². The SMILES string of the molecule is COc1ccc(N(CC(=O)Nc2c(C)cccc2C)S(=O)(=O)c2ccc(NC(C)=O)cc2)cc1. The molecule has 0 aliphatic heterocycles. The highest BCUT2D eigenvalue weighted by Crippen LogP contribution is 2.27. The number of ether oxygens (including phenoxy) is 1. The number of hydrogen-bond donors (Lipinski definition) is 2. The van der Waals surface area contributed by atoms with Crippen molar-refractivity contribution in [2.45, 2.75) is 25.7 Å². The highest BCUT2D eigenvalue weighted by molar-refractivity contribution is 7.92.